The van der Waals surface area contributed by atoms with E-state index in [9.17, 15) is 0 Å². The molecule has 0 fully saturated rings. The first kappa shape index (κ1) is 14.2. The molecular formula is C13H21ClN2O. The van der Waals surface area contributed by atoms with Crippen LogP contribution in [-0.4, -0.2) is 16.1 Å². The third-order valence-corrected chi connectivity index (χ3v) is 2.88. The maximum Gasteiger partial charge on any atom is 0.232 e. The Labute approximate surface area is 109 Å². The lowest BCUT2D eigenvalue weighted by Gasteiger charge is -2.13. The highest BCUT2D eigenvalue weighted by atomic mass is 35.5. The molecule has 0 aromatic carbocycles. The van der Waals surface area contributed by atoms with E-state index < -0.39 is 0 Å². The van der Waals surface area contributed by atoms with E-state index in [4.69, 9.17) is 16.3 Å². The predicted octanol–water partition coefficient (Wildman–Crippen LogP) is 3.95. The van der Waals surface area contributed by atoms with Gasteiger partial charge in [-0.05, 0) is 19.8 Å². The lowest BCUT2D eigenvalue weighted by molar-refractivity contribution is 0.197. The Balaban J connectivity index is 2.26. The summed E-state index contributed by atoms with van der Waals surface area (Å²) in [5.41, 5.74) is 0.773. The van der Waals surface area contributed by atoms with Gasteiger partial charge in [-0.1, -0.05) is 26.2 Å². The molecule has 1 atom stereocenters. The van der Waals surface area contributed by atoms with Crippen LogP contribution < -0.4 is 4.74 Å². The Kier molecular flexibility index (Phi) is 6.94. The number of hydrogen-bond donors (Lipinski definition) is 0. The Morgan fingerprint density at radius 2 is 2.06 bits per heavy atom. The van der Waals surface area contributed by atoms with Crippen LogP contribution in [0.25, 0.3) is 0 Å². The fourth-order valence-electron chi connectivity index (χ4n) is 1.60. The molecule has 1 aromatic heterocycles. The highest BCUT2D eigenvalue weighted by Crippen LogP contribution is 2.12. The van der Waals surface area contributed by atoms with Crippen LogP contribution in [0.5, 0.6) is 5.88 Å². The monoisotopic (exact) mass is 256 g/mol. The van der Waals surface area contributed by atoms with E-state index in [-0.39, 0.29) is 6.10 Å². The van der Waals surface area contributed by atoms with Crippen molar-refractivity contribution in [2.24, 2.45) is 0 Å². The van der Waals surface area contributed by atoms with Gasteiger partial charge in [-0.25, -0.2) is 4.98 Å². The molecule has 17 heavy (non-hydrogen) atoms. The van der Waals surface area contributed by atoms with E-state index in [1.54, 1.807) is 12.4 Å². The molecule has 0 saturated heterocycles. The third-order valence-electron chi connectivity index (χ3n) is 2.60. The molecule has 0 N–H and O–H groups in total. The van der Waals surface area contributed by atoms with E-state index in [2.05, 4.69) is 23.8 Å². The maximum absolute atomic E-state index is 5.68. The number of aromatic nitrogens is 2. The molecule has 0 radical (unpaired) electrons. The zero-order chi connectivity index (χ0) is 12.5. The summed E-state index contributed by atoms with van der Waals surface area (Å²) in [7, 11) is 0. The number of unbranched alkanes of at least 4 members (excludes halogenated alkanes) is 3. The third kappa shape index (κ3) is 5.87. The van der Waals surface area contributed by atoms with Crippen molar-refractivity contribution in [1.29, 1.82) is 0 Å². The van der Waals surface area contributed by atoms with Crippen LogP contribution in [0.1, 0.15) is 51.6 Å². The molecule has 1 aromatic rings. The molecule has 0 aliphatic heterocycles. The van der Waals surface area contributed by atoms with Gasteiger partial charge in [-0.3, -0.25) is 4.98 Å². The number of nitrogens with zero attached hydrogens (tertiary/aromatic N) is 2. The smallest absolute Gasteiger partial charge is 0.232 e. The fourth-order valence-corrected chi connectivity index (χ4v) is 1.73. The van der Waals surface area contributed by atoms with Crippen molar-refractivity contribution in [1.82, 2.24) is 9.97 Å². The fraction of sp³-hybridized carbons (Fsp3) is 0.692. The largest absolute Gasteiger partial charge is 0.474 e. The van der Waals surface area contributed by atoms with Crippen molar-refractivity contribution in [3.63, 3.8) is 0 Å². The van der Waals surface area contributed by atoms with Crippen molar-refractivity contribution >= 4 is 11.6 Å². The van der Waals surface area contributed by atoms with Gasteiger partial charge in [0, 0.05) is 0 Å². The zero-order valence-corrected chi connectivity index (χ0v) is 11.4. The van der Waals surface area contributed by atoms with Gasteiger partial charge in [0.15, 0.2) is 0 Å². The van der Waals surface area contributed by atoms with Crippen molar-refractivity contribution in [2.45, 2.75) is 57.9 Å². The average molecular weight is 257 g/mol. The topological polar surface area (TPSA) is 35.0 Å². The van der Waals surface area contributed by atoms with E-state index in [1.807, 2.05) is 0 Å². The van der Waals surface area contributed by atoms with Gasteiger partial charge in [0.2, 0.25) is 5.88 Å². The standard InChI is InChI=1S/C13H21ClN2O/c1-3-4-5-6-7-11(2)17-13-10-15-12(8-14)9-16-13/h9-11H,3-8H2,1-2H3. The van der Waals surface area contributed by atoms with E-state index in [1.165, 1.54) is 25.7 Å². The molecular weight excluding hydrogens is 236 g/mol. The summed E-state index contributed by atoms with van der Waals surface area (Å²) in [5.74, 6) is 0.974. The summed E-state index contributed by atoms with van der Waals surface area (Å²) in [6.45, 7) is 4.29. The molecule has 96 valence electrons. The van der Waals surface area contributed by atoms with Crippen LogP contribution >= 0.6 is 11.6 Å². The first-order chi connectivity index (χ1) is 8.26. The zero-order valence-electron chi connectivity index (χ0n) is 10.7. The quantitative estimate of drug-likeness (QED) is 0.522. The Morgan fingerprint density at radius 3 is 2.65 bits per heavy atom. The van der Waals surface area contributed by atoms with Crippen molar-refractivity contribution < 1.29 is 4.74 Å². The summed E-state index contributed by atoms with van der Waals surface area (Å²) in [6.07, 6.45) is 9.62. The van der Waals surface area contributed by atoms with E-state index in [0.717, 1.165) is 12.1 Å². The van der Waals surface area contributed by atoms with E-state index >= 15 is 0 Å². The van der Waals surface area contributed by atoms with Gasteiger partial charge in [0.1, 0.15) is 0 Å². The van der Waals surface area contributed by atoms with Gasteiger partial charge in [0.05, 0.1) is 30.1 Å². The van der Waals surface area contributed by atoms with Gasteiger partial charge in [0.25, 0.3) is 0 Å². The molecule has 0 amide bonds. The molecule has 0 aliphatic carbocycles. The number of ether oxygens (including phenoxy) is 1. The number of rotatable bonds is 8. The minimum atomic E-state index is 0.197. The first-order valence-electron chi connectivity index (χ1n) is 6.29. The van der Waals surface area contributed by atoms with Crippen LogP contribution in [0, 0.1) is 0 Å². The minimum absolute atomic E-state index is 0.197. The highest BCUT2D eigenvalue weighted by Gasteiger charge is 2.05. The van der Waals surface area contributed by atoms with Crippen LogP contribution in [0.15, 0.2) is 12.4 Å². The minimum Gasteiger partial charge on any atom is -0.474 e. The van der Waals surface area contributed by atoms with Crippen molar-refractivity contribution in [3.8, 4) is 5.88 Å². The summed E-state index contributed by atoms with van der Waals surface area (Å²) in [4.78, 5) is 8.31. The van der Waals surface area contributed by atoms with Gasteiger partial charge in [-0.2, -0.15) is 0 Å². The lowest BCUT2D eigenvalue weighted by atomic mass is 10.1. The number of hydrogen-bond acceptors (Lipinski definition) is 3. The Bertz CT molecular complexity index is 303. The summed E-state index contributed by atoms with van der Waals surface area (Å²) in [5, 5.41) is 0. The van der Waals surface area contributed by atoms with Crippen LogP contribution in [-0.2, 0) is 5.88 Å². The molecule has 3 nitrogen and oxygen atoms in total. The number of halogens is 1. The molecule has 0 bridgehead atoms. The molecule has 1 rings (SSSR count). The second kappa shape index (κ2) is 8.29. The van der Waals surface area contributed by atoms with Crippen molar-refractivity contribution in [3.05, 3.63) is 18.1 Å². The molecule has 0 saturated carbocycles. The normalized spacial score (nSPS) is 12.4. The molecule has 1 unspecified atom stereocenters. The van der Waals surface area contributed by atoms with Crippen LogP contribution in [0.4, 0.5) is 0 Å². The number of alkyl halides is 1. The summed E-state index contributed by atoms with van der Waals surface area (Å²) < 4.78 is 5.68. The first-order valence-corrected chi connectivity index (χ1v) is 6.83. The maximum atomic E-state index is 5.68. The molecule has 0 spiro atoms. The lowest BCUT2D eigenvalue weighted by Crippen LogP contribution is -2.12. The van der Waals surface area contributed by atoms with Gasteiger partial charge in [-0.15, -0.1) is 11.6 Å². The van der Waals surface area contributed by atoms with Crippen LogP contribution in [0.3, 0.4) is 0 Å². The Hall–Kier alpha value is -0.830. The van der Waals surface area contributed by atoms with Gasteiger partial charge >= 0.3 is 0 Å². The van der Waals surface area contributed by atoms with Gasteiger partial charge < -0.3 is 4.74 Å². The second-order valence-corrected chi connectivity index (χ2v) is 4.52. The molecule has 4 heteroatoms. The molecule has 0 aliphatic rings. The van der Waals surface area contributed by atoms with E-state index in [0.29, 0.717) is 11.8 Å². The van der Waals surface area contributed by atoms with Crippen LogP contribution in [0.2, 0.25) is 0 Å². The van der Waals surface area contributed by atoms with Crippen molar-refractivity contribution in [2.75, 3.05) is 0 Å². The summed E-state index contributed by atoms with van der Waals surface area (Å²) in [6, 6.07) is 0. The second-order valence-electron chi connectivity index (χ2n) is 4.26. The summed E-state index contributed by atoms with van der Waals surface area (Å²) >= 11 is 5.64. The molecule has 1 heterocycles. The SMILES string of the molecule is CCCCCCC(C)Oc1cnc(CCl)cn1. The Morgan fingerprint density at radius 1 is 1.24 bits per heavy atom. The predicted molar refractivity (Wildman–Crippen MR) is 70.4 cm³/mol. The average Bonchev–Trinajstić information content (AvgIpc) is 2.36. The highest BCUT2D eigenvalue weighted by molar-refractivity contribution is 6.16.